The van der Waals surface area contributed by atoms with Crippen molar-refractivity contribution in [3.05, 3.63) is 63.9 Å². The zero-order valence-corrected chi connectivity index (χ0v) is 11.2. The van der Waals surface area contributed by atoms with Gasteiger partial charge in [-0.3, -0.25) is 0 Å². The molecule has 18 heavy (non-hydrogen) atoms. The van der Waals surface area contributed by atoms with Crippen molar-refractivity contribution in [3.8, 4) is 0 Å². The molecule has 1 nitrogen and oxygen atoms in total. The normalized spacial score (nSPS) is 10.4. The molecule has 0 unspecified atom stereocenters. The third-order valence-corrected chi connectivity index (χ3v) is 3.19. The van der Waals surface area contributed by atoms with Crippen molar-refractivity contribution in [2.24, 2.45) is 0 Å². The summed E-state index contributed by atoms with van der Waals surface area (Å²) in [4.78, 5) is 0. The second kappa shape index (κ2) is 5.40. The van der Waals surface area contributed by atoms with Crippen LogP contribution in [0.2, 0.25) is 5.02 Å². The van der Waals surface area contributed by atoms with Crippen molar-refractivity contribution >= 4 is 17.3 Å². The molecule has 0 bridgehead atoms. The van der Waals surface area contributed by atoms with Gasteiger partial charge in [-0.15, -0.1) is 0 Å². The SMILES string of the molecule is Cc1ccc(CNc2ccc(F)c(Cl)c2)c(C)c1. The highest BCUT2D eigenvalue weighted by molar-refractivity contribution is 6.31. The Labute approximate surface area is 112 Å². The van der Waals surface area contributed by atoms with Crippen LogP contribution in [0, 0.1) is 19.7 Å². The van der Waals surface area contributed by atoms with E-state index in [1.165, 1.54) is 22.8 Å². The molecule has 0 saturated heterocycles. The third-order valence-electron chi connectivity index (χ3n) is 2.90. The minimum atomic E-state index is -0.395. The van der Waals surface area contributed by atoms with E-state index in [-0.39, 0.29) is 5.02 Å². The molecule has 3 heteroatoms. The molecule has 0 spiro atoms. The fourth-order valence-corrected chi connectivity index (χ4v) is 2.03. The van der Waals surface area contributed by atoms with Gasteiger partial charge in [-0.25, -0.2) is 4.39 Å². The van der Waals surface area contributed by atoms with Crippen LogP contribution in [-0.4, -0.2) is 0 Å². The molecule has 0 aliphatic heterocycles. The smallest absolute Gasteiger partial charge is 0.141 e. The second-order valence-electron chi connectivity index (χ2n) is 4.41. The first-order valence-electron chi connectivity index (χ1n) is 5.81. The lowest BCUT2D eigenvalue weighted by Gasteiger charge is -2.10. The van der Waals surface area contributed by atoms with Crippen LogP contribution in [0.1, 0.15) is 16.7 Å². The van der Waals surface area contributed by atoms with Gasteiger partial charge in [-0.05, 0) is 43.2 Å². The number of benzene rings is 2. The standard InChI is InChI=1S/C15H15ClFN/c1-10-3-4-12(11(2)7-10)9-18-13-5-6-15(17)14(16)8-13/h3-8,18H,9H2,1-2H3. The van der Waals surface area contributed by atoms with Crippen LogP contribution in [0.25, 0.3) is 0 Å². The Morgan fingerprint density at radius 1 is 1.11 bits per heavy atom. The van der Waals surface area contributed by atoms with Gasteiger partial charge in [0, 0.05) is 12.2 Å². The fraction of sp³-hybridized carbons (Fsp3) is 0.200. The van der Waals surface area contributed by atoms with Crippen molar-refractivity contribution in [1.82, 2.24) is 0 Å². The Morgan fingerprint density at radius 3 is 2.56 bits per heavy atom. The van der Waals surface area contributed by atoms with Crippen LogP contribution in [0.3, 0.4) is 0 Å². The summed E-state index contributed by atoms with van der Waals surface area (Å²) in [6, 6.07) is 11.0. The van der Waals surface area contributed by atoms with Gasteiger partial charge in [0.05, 0.1) is 5.02 Å². The largest absolute Gasteiger partial charge is 0.381 e. The van der Waals surface area contributed by atoms with Gasteiger partial charge in [-0.1, -0.05) is 35.4 Å². The third kappa shape index (κ3) is 3.02. The quantitative estimate of drug-likeness (QED) is 0.846. The molecule has 1 N–H and O–H groups in total. The summed E-state index contributed by atoms with van der Waals surface area (Å²) in [6.07, 6.45) is 0. The minimum absolute atomic E-state index is 0.139. The van der Waals surface area contributed by atoms with E-state index in [4.69, 9.17) is 11.6 Å². The van der Waals surface area contributed by atoms with Gasteiger partial charge < -0.3 is 5.32 Å². The molecule has 0 aliphatic rings. The predicted octanol–water partition coefficient (Wildman–Crippen LogP) is 4.71. The topological polar surface area (TPSA) is 12.0 Å². The molecule has 2 rings (SSSR count). The molecular formula is C15H15ClFN. The molecule has 0 aliphatic carbocycles. The maximum atomic E-state index is 13.0. The van der Waals surface area contributed by atoms with Crippen molar-refractivity contribution < 1.29 is 4.39 Å². The van der Waals surface area contributed by atoms with E-state index in [9.17, 15) is 4.39 Å². The van der Waals surface area contributed by atoms with E-state index < -0.39 is 5.82 Å². The molecule has 0 heterocycles. The number of aryl methyl sites for hydroxylation is 2. The maximum absolute atomic E-state index is 13.0. The van der Waals surface area contributed by atoms with Gasteiger partial charge >= 0.3 is 0 Å². The van der Waals surface area contributed by atoms with Gasteiger partial charge in [0.2, 0.25) is 0 Å². The Kier molecular flexibility index (Phi) is 3.87. The fourth-order valence-electron chi connectivity index (χ4n) is 1.85. The summed E-state index contributed by atoms with van der Waals surface area (Å²) in [6.45, 7) is 4.86. The van der Waals surface area contributed by atoms with Gasteiger partial charge in [0.15, 0.2) is 0 Å². The van der Waals surface area contributed by atoms with Crippen molar-refractivity contribution in [1.29, 1.82) is 0 Å². The molecule has 2 aromatic rings. The highest BCUT2D eigenvalue weighted by atomic mass is 35.5. The second-order valence-corrected chi connectivity index (χ2v) is 4.82. The number of anilines is 1. The van der Waals surface area contributed by atoms with Crippen LogP contribution in [0.4, 0.5) is 10.1 Å². The van der Waals surface area contributed by atoms with E-state index in [0.717, 1.165) is 5.69 Å². The lowest BCUT2D eigenvalue weighted by molar-refractivity contribution is 0.628. The predicted molar refractivity (Wildman–Crippen MR) is 74.7 cm³/mol. The molecule has 0 amide bonds. The summed E-state index contributed by atoms with van der Waals surface area (Å²) in [5.74, 6) is -0.395. The monoisotopic (exact) mass is 263 g/mol. The van der Waals surface area contributed by atoms with Crippen LogP contribution >= 0.6 is 11.6 Å². The van der Waals surface area contributed by atoms with Gasteiger partial charge in [-0.2, -0.15) is 0 Å². The Bertz CT molecular complexity index is 566. The molecule has 2 aromatic carbocycles. The Hall–Kier alpha value is -1.54. The molecule has 0 atom stereocenters. The summed E-state index contributed by atoms with van der Waals surface area (Å²) in [5.41, 5.74) is 4.54. The maximum Gasteiger partial charge on any atom is 0.141 e. The summed E-state index contributed by atoms with van der Waals surface area (Å²) < 4.78 is 13.0. The van der Waals surface area contributed by atoms with E-state index in [2.05, 4.69) is 37.4 Å². The molecular weight excluding hydrogens is 249 g/mol. The van der Waals surface area contributed by atoms with E-state index in [1.54, 1.807) is 12.1 Å². The number of rotatable bonds is 3. The van der Waals surface area contributed by atoms with E-state index >= 15 is 0 Å². The number of hydrogen-bond acceptors (Lipinski definition) is 1. The lowest BCUT2D eigenvalue weighted by Crippen LogP contribution is -2.01. The van der Waals surface area contributed by atoms with Gasteiger partial charge in [0.1, 0.15) is 5.82 Å². The molecule has 0 saturated carbocycles. The van der Waals surface area contributed by atoms with Crippen molar-refractivity contribution in [2.75, 3.05) is 5.32 Å². The van der Waals surface area contributed by atoms with E-state index in [0.29, 0.717) is 6.54 Å². The zero-order chi connectivity index (χ0) is 13.1. The Morgan fingerprint density at radius 2 is 1.89 bits per heavy atom. The molecule has 94 valence electrons. The molecule has 0 fully saturated rings. The van der Waals surface area contributed by atoms with Gasteiger partial charge in [0.25, 0.3) is 0 Å². The number of hydrogen-bond donors (Lipinski definition) is 1. The number of nitrogens with one attached hydrogen (secondary N) is 1. The first-order chi connectivity index (χ1) is 8.56. The highest BCUT2D eigenvalue weighted by Gasteiger charge is 2.02. The van der Waals surface area contributed by atoms with Crippen LogP contribution < -0.4 is 5.32 Å². The number of halogens is 2. The summed E-state index contributed by atoms with van der Waals surface area (Å²) in [7, 11) is 0. The average Bonchev–Trinajstić information content (AvgIpc) is 2.32. The van der Waals surface area contributed by atoms with Crippen LogP contribution in [0.15, 0.2) is 36.4 Å². The zero-order valence-electron chi connectivity index (χ0n) is 10.4. The van der Waals surface area contributed by atoms with Crippen LogP contribution in [0.5, 0.6) is 0 Å². The van der Waals surface area contributed by atoms with Crippen molar-refractivity contribution in [2.45, 2.75) is 20.4 Å². The first-order valence-corrected chi connectivity index (χ1v) is 6.19. The summed E-state index contributed by atoms with van der Waals surface area (Å²) >= 11 is 5.73. The Balaban J connectivity index is 2.09. The molecule has 0 radical (unpaired) electrons. The van der Waals surface area contributed by atoms with Crippen molar-refractivity contribution in [3.63, 3.8) is 0 Å². The van der Waals surface area contributed by atoms with Crippen LogP contribution in [-0.2, 0) is 6.54 Å². The highest BCUT2D eigenvalue weighted by Crippen LogP contribution is 2.20. The lowest BCUT2D eigenvalue weighted by atomic mass is 10.1. The average molecular weight is 264 g/mol. The van der Waals surface area contributed by atoms with E-state index in [1.807, 2.05) is 0 Å². The minimum Gasteiger partial charge on any atom is -0.381 e. The molecule has 0 aromatic heterocycles. The summed E-state index contributed by atoms with van der Waals surface area (Å²) in [5, 5.41) is 3.38. The first kappa shape index (κ1) is 12.9.